The molecule has 35 heavy (non-hydrogen) atoms. The van der Waals surface area contributed by atoms with Gasteiger partial charge < -0.3 is 9.80 Å². The van der Waals surface area contributed by atoms with Crippen LogP contribution in [-0.4, -0.2) is 61.0 Å². The van der Waals surface area contributed by atoms with Crippen LogP contribution in [-0.2, 0) is 6.18 Å². The zero-order chi connectivity index (χ0) is 24.6. The van der Waals surface area contributed by atoms with Gasteiger partial charge in [-0.25, -0.2) is 14.5 Å². The van der Waals surface area contributed by atoms with E-state index in [1.54, 1.807) is 40.1 Å². The first-order valence-corrected chi connectivity index (χ1v) is 11.2. The number of hydrogen-bond donors (Lipinski definition) is 0. The molecule has 0 saturated carbocycles. The number of alkyl halides is 3. The Labute approximate surface area is 199 Å². The standard InChI is InChI=1S/C24H22F3N7O/c1-16-8-12-32(19-7-6-17(15-30-19)24(25,26)27)13-14-33(16)23(35)21-20(18-5-2-3-9-28-18)22-29-10-4-11-34(22)31-21/h2-7,9-11,15-16H,8,12-14H2,1H3. The molecule has 4 aromatic heterocycles. The average Bonchev–Trinajstić information content (AvgIpc) is 3.14. The van der Waals surface area contributed by atoms with Crippen molar-refractivity contribution in [2.24, 2.45) is 0 Å². The SMILES string of the molecule is CC1CCN(c2ccc(C(F)(F)F)cn2)CCN1C(=O)c1nn2cccnc2c1-c1ccccn1. The number of carbonyl (C=O) groups excluding carboxylic acids is 1. The number of anilines is 1. The Kier molecular flexibility index (Phi) is 5.83. The van der Waals surface area contributed by atoms with E-state index in [1.807, 2.05) is 24.0 Å². The molecule has 1 aliphatic rings. The van der Waals surface area contributed by atoms with Gasteiger partial charge in [0.05, 0.1) is 16.8 Å². The number of nitrogens with zero attached hydrogens (tertiary/aromatic N) is 7. The van der Waals surface area contributed by atoms with Crippen LogP contribution in [0.25, 0.3) is 16.9 Å². The zero-order valence-corrected chi connectivity index (χ0v) is 18.9. The monoisotopic (exact) mass is 481 g/mol. The van der Waals surface area contributed by atoms with Crippen molar-refractivity contribution < 1.29 is 18.0 Å². The van der Waals surface area contributed by atoms with Crippen LogP contribution in [0.2, 0.25) is 0 Å². The molecular weight excluding hydrogens is 459 g/mol. The van der Waals surface area contributed by atoms with E-state index in [9.17, 15) is 18.0 Å². The van der Waals surface area contributed by atoms with Crippen molar-refractivity contribution in [1.82, 2.24) is 29.5 Å². The fourth-order valence-corrected chi connectivity index (χ4v) is 4.25. The van der Waals surface area contributed by atoms with Crippen LogP contribution in [0.15, 0.2) is 61.2 Å². The Balaban J connectivity index is 1.43. The minimum atomic E-state index is -4.43. The quantitative estimate of drug-likeness (QED) is 0.441. The largest absolute Gasteiger partial charge is 0.417 e. The molecule has 5 heterocycles. The summed E-state index contributed by atoms with van der Waals surface area (Å²) in [5.74, 6) is 0.205. The van der Waals surface area contributed by atoms with Crippen molar-refractivity contribution in [3.8, 4) is 11.3 Å². The van der Waals surface area contributed by atoms with Gasteiger partial charge in [0.15, 0.2) is 11.3 Å². The molecule has 1 saturated heterocycles. The first-order valence-electron chi connectivity index (χ1n) is 11.2. The van der Waals surface area contributed by atoms with Crippen LogP contribution in [0.3, 0.4) is 0 Å². The van der Waals surface area contributed by atoms with Crippen molar-refractivity contribution in [3.63, 3.8) is 0 Å². The second-order valence-corrected chi connectivity index (χ2v) is 8.35. The summed E-state index contributed by atoms with van der Waals surface area (Å²) >= 11 is 0. The number of pyridine rings is 2. The number of hydrogen-bond acceptors (Lipinski definition) is 6. The fraction of sp³-hybridized carbons (Fsp3) is 0.292. The topological polar surface area (TPSA) is 79.5 Å². The predicted molar refractivity (Wildman–Crippen MR) is 123 cm³/mol. The first kappa shape index (κ1) is 22.8. The summed E-state index contributed by atoms with van der Waals surface area (Å²) < 4.78 is 40.3. The lowest BCUT2D eigenvalue weighted by molar-refractivity contribution is -0.137. The van der Waals surface area contributed by atoms with E-state index in [0.29, 0.717) is 48.8 Å². The van der Waals surface area contributed by atoms with Crippen LogP contribution in [0, 0.1) is 0 Å². The summed E-state index contributed by atoms with van der Waals surface area (Å²) in [4.78, 5) is 30.2. The third kappa shape index (κ3) is 4.41. The Morgan fingerprint density at radius 3 is 2.54 bits per heavy atom. The molecule has 0 aliphatic carbocycles. The van der Waals surface area contributed by atoms with Gasteiger partial charge in [-0.2, -0.15) is 18.3 Å². The maximum absolute atomic E-state index is 13.8. The molecule has 1 atom stereocenters. The molecule has 1 aliphatic heterocycles. The smallest absolute Gasteiger partial charge is 0.355 e. The van der Waals surface area contributed by atoms with E-state index in [-0.39, 0.29) is 17.6 Å². The molecule has 11 heteroatoms. The van der Waals surface area contributed by atoms with E-state index in [0.717, 1.165) is 12.3 Å². The van der Waals surface area contributed by atoms with Gasteiger partial charge in [0.25, 0.3) is 5.91 Å². The maximum atomic E-state index is 13.8. The van der Waals surface area contributed by atoms with Crippen LogP contribution >= 0.6 is 0 Å². The number of amides is 1. The van der Waals surface area contributed by atoms with Crippen LogP contribution in [0.1, 0.15) is 29.4 Å². The molecule has 0 N–H and O–H groups in total. The molecule has 0 radical (unpaired) electrons. The third-order valence-electron chi connectivity index (χ3n) is 6.14. The van der Waals surface area contributed by atoms with Gasteiger partial charge >= 0.3 is 6.18 Å². The normalized spacial score (nSPS) is 17.0. The van der Waals surface area contributed by atoms with Gasteiger partial charge in [0.2, 0.25) is 0 Å². The highest BCUT2D eigenvalue weighted by atomic mass is 19.4. The Morgan fingerprint density at radius 1 is 1.00 bits per heavy atom. The maximum Gasteiger partial charge on any atom is 0.417 e. The van der Waals surface area contributed by atoms with Crippen molar-refractivity contribution in [3.05, 3.63) is 72.4 Å². The second-order valence-electron chi connectivity index (χ2n) is 8.35. The van der Waals surface area contributed by atoms with Gasteiger partial charge in [-0.15, -0.1) is 0 Å². The summed E-state index contributed by atoms with van der Waals surface area (Å²) in [6.45, 7) is 3.31. The van der Waals surface area contributed by atoms with Crippen molar-refractivity contribution >= 4 is 17.4 Å². The van der Waals surface area contributed by atoms with Crippen molar-refractivity contribution in [2.45, 2.75) is 25.6 Å². The number of rotatable bonds is 3. The van der Waals surface area contributed by atoms with Gasteiger partial charge in [0, 0.05) is 50.5 Å². The predicted octanol–water partition coefficient (Wildman–Crippen LogP) is 3.95. The van der Waals surface area contributed by atoms with Crippen molar-refractivity contribution in [1.29, 1.82) is 0 Å². The Bertz CT molecular complexity index is 1340. The molecule has 1 amide bonds. The average molecular weight is 481 g/mol. The zero-order valence-electron chi connectivity index (χ0n) is 18.9. The van der Waals surface area contributed by atoms with E-state index in [2.05, 4.69) is 20.1 Å². The van der Waals surface area contributed by atoms with E-state index in [1.165, 1.54) is 6.07 Å². The summed E-state index contributed by atoms with van der Waals surface area (Å²) in [7, 11) is 0. The molecule has 0 spiro atoms. The summed E-state index contributed by atoms with van der Waals surface area (Å²) in [6, 6.07) is 9.47. The number of carbonyl (C=O) groups is 1. The molecule has 180 valence electrons. The summed E-state index contributed by atoms with van der Waals surface area (Å²) in [5.41, 5.74) is 1.17. The number of halogens is 3. The first-order chi connectivity index (χ1) is 16.8. The lowest BCUT2D eigenvalue weighted by Crippen LogP contribution is -2.40. The van der Waals surface area contributed by atoms with E-state index >= 15 is 0 Å². The second kappa shape index (κ2) is 8.97. The van der Waals surface area contributed by atoms with Gasteiger partial charge in [-0.1, -0.05) is 6.07 Å². The van der Waals surface area contributed by atoms with E-state index < -0.39 is 11.7 Å². The third-order valence-corrected chi connectivity index (χ3v) is 6.14. The molecule has 4 aromatic rings. The molecule has 5 rings (SSSR count). The summed E-state index contributed by atoms with van der Waals surface area (Å²) in [6.07, 6.45) is 2.06. The summed E-state index contributed by atoms with van der Waals surface area (Å²) in [5, 5.41) is 4.53. The van der Waals surface area contributed by atoms with Gasteiger partial charge in [-0.3, -0.25) is 9.78 Å². The molecule has 8 nitrogen and oxygen atoms in total. The highest BCUT2D eigenvalue weighted by Crippen LogP contribution is 2.30. The van der Waals surface area contributed by atoms with Gasteiger partial charge in [-0.05, 0) is 43.7 Å². The highest BCUT2D eigenvalue weighted by Gasteiger charge is 2.33. The number of fused-ring (bicyclic) bond motifs is 1. The van der Waals surface area contributed by atoms with Crippen LogP contribution in [0.5, 0.6) is 0 Å². The van der Waals surface area contributed by atoms with Crippen LogP contribution < -0.4 is 4.90 Å². The lowest BCUT2D eigenvalue weighted by Gasteiger charge is -2.26. The number of aromatic nitrogens is 5. The molecular formula is C24H22F3N7O. The van der Waals surface area contributed by atoms with Gasteiger partial charge in [0.1, 0.15) is 5.82 Å². The molecule has 1 fully saturated rings. The Hall–Kier alpha value is -4.02. The lowest BCUT2D eigenvalue weighted by atomic mass is 10.1. The Morgan fingerprint density at radius 2 is 1.83 bits per heavy atom. The van der Waals surface area contributed by atoms with E-state index in [4.69, 9.17) is 0 Å². The van der Waals surface area contributed by atoms with Crippen molar-refractivity contribution in [2.75, 3.05) is 24.5 Å². The fourth-order valence-electron chi connectivity index (χ4n) is 4.25. The molecule has 0 bridgehead atoms. The minimum absolute atomic E-state index is 0.115. The van der Waals surface area contributed by atoms with Crippen LogP contribution in [0.4, 0.5) is 19.0 Å². The molecule has 0 aromatic carbocycles. The molecule has 1 unspecified atom stereocenters. The minimum Gasteiger partial charge on any atom is -0.355 e. The highest BCUT2D eigenvalue weighted by molar-refractivity contribution is 6.02.